The molecule has 0 unspecified atom stereocenters. The van der Waals surface area contributed by atoms with Crippen LogP contribution in [0.1, 0.15) is 24.1 Å². The minimum Gasteiger partial charge on any atom is -0.323 e. The number of fused-ring (bicyclic) bond motifs is 1. The molecule has 0 fully saturated rings. The molecule has 1 amide bonds. The van der Waals surface area contributed by atoms with Gasteiger partial charge in [-0.05, 0) is 49.4 Å². The lowest BCUT2D eigenvalue weighted by Crippen LogP contribution is -2.31. The summed E-state index contributed by atoms with van der Waals surface area (Å²) in [5.74, 6) is -0.926. The molecule has 0 radical (unpaired) electrons. The first kappa shape index (κ1) is 15.7. The van der Waals surface area contributed by atoms with Gasteiger partial charge in [-0.3, -0.25) is 9.59 Å². The minimum atomic E-state index is -0.486. The van der Waals surface area contributed by atoms with Gasteiger partial charge >= 0.3 is 0 Å². The number of aryl methyl sites for hydroxylation is 2. The Kier molecular flexibility index (Phi) is 4.43. The van der Waals surface area contributed by atoms with Crippen molar-refractivity contribution < 1.29 is 9.18 Å². The number of aromatic nitrogens is 2. The van der Waals surface area contributed by atoms with Crippen molar-refractivity contribution in [1.82, 2.24) is 9.78 Å². The predicted molar refractivity (Wildman–Crippen MR) is 85.2 cm³/mol. The van der Waals surface area contributed by atoms with Gasteiger partial charge < -0.3 is 5.32 Å². The lowest BCUT2D eigenvalue weighted by Gasteiger charge is -2.15. The monoisotopic (exact) mass is 335 g/mol. The van der Waals surface area contributed by atoms with Crippen LogP contribution in [-0.4, -0.2) is 15.7 Å². The Hall–Kier alpha value is -2.21. The van der Waals surface area contributed by atoms with E-state index < -0.39 is 11.7 Å². The van der Waals surface area contributed by atoms with Crippen molar-refractivity contribution in [1.29, 1.82) is 0 Å². The van der Waals surface area contributed by atoms with Crippen LogP contribution in [0, 0.1) is 5.82 Å². The molecular formula is C16H15ClFN3O2. The van der Waals surface area contributed by atoms with Crippen molar-refractivity contribution in [2.45, 2.75) is 32.2 Å². The third kappa shape index (κ3) is 3.59. The zero-order valence-corrected chi connectivity index (χ0v) is 13.1. The van der Waals surface area contributed by atoms with E-state index in [0.29, 0.717) is 5.69 Å². The van der Waals surface area contributed by atoms with E-state index in [1.807, 2.05) is 0 Å². The summed E-state index contributed by atoms with van der Waals surface area (Å²) in [6.45, 7) is -0.209. The molecule has 0 bridgehead atoms. The summed E-state index contributed by atoms with van der Waals surface area (Å²) in [5.41, 5.74) is 1.85. The molecule has 120 valence electrons. The van der Waals surface area contributed by atoms with Gasteiger partial charge in [0, 0.05) is 6.07 Å². The molecule has 0 saturated carbocycles. The van der Waals surface area contributed by atoms with Gasteiger partial charge in [-0.2, -0.15) is 5.10 Å². The van der Waals surface area contributed by atoms with Gasteiger partial charge in [0.05, 0.1) is 16.4 Å². The molecule has 2 aromatic rings. The van der Waals surface area contributed by atoms with E-state index in [0.717, 1.165) is 47.7 Å². The van der Waals surface area contributed by atoms with E-state index in [4.69, 9.17) is 11.6 Å². The highest BCUT2D eigenvalue weighted by molar-refractivity contribution is 6.33. The second kappa shape index (κ2) is 6.50. The maximum absolute atomic E-state index is 13.0. The maximum Gasteiger partial charge on any atom is 0.267 e. The van der Waals surface area contributed by atoms with E-state index in [-0.39, 0.29) is 17.1 Å². The van der Waals surface area contributed by atoms with Gasteiger partial charge in [-0.15, -0.1) is 0 Å². The molecular weight excluding hydrogens is 321 g/mol. The van der Waals surface area contributed by atoms with Crippen molar-refractivity contribution in [3.8, 4) is 0 Å². The zero-order valence-electron chi connectivity index (χ0n) is 12.3. The number of nitrogens with zero attached hydrogens (tertiary/aromatic N) is 2. The zero-order chi connectivity index (χ0) is 16.4. The summed E-state index contributed by atoms with van der Waals surface area (Å²) < 4.78 is 14.1. The van der Waals surface area contributed by atoms with Crippen molar-refractivity contribution in [2.75, 3.05) is 5.32 Å². The third-order valence-electron chi connectivity index (χ3n) is 3.77. The van der Waals surface area contributed by atoms with Crippen LogP contribution in [-0.2, 0) is 24.2 Å². The van der Waals surface area contributed by atoms with Gasteiger partial charge in [0.15, 0.2) is 0 Å². The molecule has 23 heavy (non-hydrogen) atoms. The van der Waals surface area contributed by atoms with E-state index in [1.165, 1.54) is 12.1 Å². The first-order valence-corrected chi connectivity index (χ1v) is 7.75. The molecule has 1 N–H and O–H groups in total. The normalized spacial score (nSPS) is 13.5. The molecule has 1 aliphatic rings. The molecule has 1 aromatic carbocycles. The number of nitrogens with one attached hydrogen (secondary N) is 1. The molecule has 1 aromatic heterocycles. The van der Waals surface area contributed by atoms with Crippen LogP contribution in [0.3, 0.4) is 0 Å². The van der Waals surface area contributed by atoms with Crippen molar-refractivity contribution in [3.05, 3.63) is 56.7 Å². The Morgan fingerprint density at radius 2 is 2.09 bits per heavy atom. The number of rotatable bonds is 3. The highest BCUT2D eigenvalue weighted by atomic mass is 35.5. The Morgan fingerprint density at radius 1 is 1.30 bits per heavy atom. The van der Waals surface area contributed by atoms with Gasteiger partial charge in [0.1, 0.15) is 12.4 Å². The van der Waals surface area contributed by atoms with E-state index in [1.54, 1.807) is 6.07 Å². The quantitative estimate of drug-likeness (QED) is 0.937. The standard InChI is InChI=1S/C16H15ClFN3O2/c17-12-8-11(18)5-6-14(12)19-15(22)9-21-16(23)7-10-3-1-2-4-13(10)20-21/h5-8H,1-4,9H2,(H,19,22). The number of carbonyl (C=O) groups excluding carboxylic acids is 1. The molecule has 0 saturated heterocycles. The van der Waals surface area contributed by atoms with Gasteiger partial charge in [0.2, 0.25) is 5.91 Å². The van der Waals surface area contributed by atoms with Crippen LogP contribution in [0.25, 0.3) is 0 Å². The Morgan fingerprint density at radius 3 is 2.87 bits per heavy atom. The van der Waals surface area contributed by atoms with Crippen LogP contribution in [0.4, 0.5) is 10.1 Å². The molecule has 0 atom stereocenters. The number of hydrogen-bond donors (Lipinski definition) is 1. The van der Waals surface area contributed by atoms with Gasteiger partial charge in [-0.25, -0.2) is 9.07 Å². The van der Waals surface area contributed by atoms with Crippen LogP contribution in [0.5, 0.6) is 0 Å². The summed E-state index contributed by atoms with van der Waals surface area (Å²) in [4.78, 5) is 24.1. The molecule has 3 rings (SSSR count). The number of anilines is 1. The summed E-state index contributed by atoms with van der Waals surface area (Å²) in [6, 6.07) is 5.24. The molecule has 5 nitrogen and oxygen atoms in total. The largest absolute Gasteiger partial charge is 0.323 e. The highest BCUT2D eigenvalue weighted by Crippen LogP contribution is 2.22. The maximum atomic E-state index is 13.0. The van der Waals surface area contributed by atoms with Gasteiger partial charge in [0.25, 0.3) is 5.56 Å². The Bertz CT molecular complexity index is 819. The smallest absolute Gasteiger partial charge is 0.267 e. The number of hydrogen-bond acceptors (Lipinski definition) is 3. The first-order valence-electron chi connectivity index (χ1n) is 7.38. The van der Waals surface area contributed by atoms with E-state index in [2.05, 4.69) is 10.4 Å². The lowest BCUT2D eigenvalue weighted by molar-refractivity contribution is -0.117. The molecule has 1 aliphatic carbocycles. The number of carbonyl (C=O) groups is 1. The summed E-state index contributed by atoms with van der Waals surface area (Å²) in [5, 5.41) is 6.94. The molecule has 0 spiro atoms. The average Bonchev–Trinajstić information content (AvgIpc) is 2.51. The fraction of sp³-hybridized carbons (Fsp3) is 0.312. The number of halogens is 2. The fourth-order valence-corrected chi connectivity index (χ4v) is 2.85. The predicted octanol–water partition coefficient (Wildman–Crippen LogP) is 2.55. The minimum absolute atomic E-state index is 0.101. The van der Waals surface area contributed by atoms with Crippen LogP contribution < -0.4 is 10.9 Å². The lowest BCUT2D eigenvalue weighted by atomic mass is 9.97. The van der Waals surface area contributed by atoms with Crippen molar-refractivity contribution >= 4 is 23.2 Å². The fourth-order valence-electron chi connectivity index (χ4n) is 2.63. The topological polar surface area (TPSA) is 64.0 Å². The van der Waals surface area contributed by atoms with Crippen LogP contribution in [0.2, 0.25) is 5.02 Å². The second-order valence-corrected chi connectivity index (χ2v) is 5.90. The Labute approximate surface area is 137 Å². The highest BCUT2D eigenvalue weighted by Gasteiger charge is 2.15. The first-order chi connectivity index (χ1) is 11.0. The molecule has 0 aliphatic heterocycles. The SMILES string of the molecule is O=C(Cn1nc2c(cc1=O)CCCC2)Nc1ccc(F)cc1Cl. The average molecular weight is 336 g/mol. The van der Waals surface area contributed by atoms with E-state index in [9.17, 15) is 14.0 Å². The third-order valence-corrected chi connectivity index (χ3v) is 4.09. The molecule has 1 heterocycles. The second-order valence-electron chi connectivity index (χ2n) is 5.49. The Balaban J connectivity index is 1.76. The van der Waals surface area contributed by atoms with E-state index >= 15 is 0 Å². The number of benzene rings is 1. The van der Waals surface area contributed by atoms with Gasteiger partial charge in [-0.1, -0.05) is 11.6 Å². The van der Waals surface area contributed by atoms with Crippen molar-refractivity contribution in [2.24, 2.45) is 0 Å². The summed E-state index contributed by atoms with van der Waals surface area (Å²) in [6.07, 6.45) is 3.77. The molecule has 7 heteroatoms. The van der Waals surface area contributed by atoms with Crippen molar-refractivity contribution in [3.63, 3.8) is 0 Å². The number of amides is 1. The van der Waals surface area contributed by atoms with Crippen LogP contribution >= 0.6 is 11.6 Å². The summed E-state index contributed by atoms with van der Waals surface area (Å²) in [7, 11) is 0. The summed E-state index contributed by atoms with van der Waals surface area (Å²) >= 11 is 5.86. The van der Waals surface area contributed by atoms with Crippen LogP contribution in [0.15, 0.2) is 29.1 Å².